The highest BCUT2D eigenvalue weighted by Gasteiger charge is 2.18. The molecule has 3 aromatic carbocycles. The van der Waals surface area contributed by atoms with Gasteiger partial charge >= 0.3 is 0 Å². The van der Waals surface area contributed by atoms with Gasteiger partial charge in [-0.2, -0.15) is 5.26 Å². The van der Waals surface area contributed by atoms with Crippen molar-refractivity contribution >= 4 is 21.9 Å². The third-order valence-electron chi connectivity index (χ3n) is 5.83. The lowest BCUT2D eigenvalue weighted by atomic mass is 10.1. The van der Waals surface area contributed by atoms with Gasteiger partial charge in [-0.25, -0.2) is 13.1 Å². The summed E-state index contributed by atoms with van der Waals surface area (Å²) in [5, 5.41) is 20.4. The Morgan fingerprint density at radius 2 is 1.57 bits per heavy atom. The fourth-order valence-corrected chi connectivity index (χ4v) is 4.76. The Balaban J connectivity index is 1.59. The van der Waals surface area contributed by atoms with Crippen LogP contribution in [-0.4, -0.2) is 24.3 Å². The zero-order valence-corrected chi connectivity index (χ0v) is 20.8. The molecule has 186 valence electrons. The minimum atomic E-state index is -3.72. The zero-order valence-electron chi connectivity index (χ0n) is 20.0. The highest BCUT2D eigenvalue weighted by Crippen LogP contribution is 2.23. The van der Waals surface area contributed by atoms with E-state index < -0.39 is 15.6 Å². The van der Waals surface area contributed by atoms with Crippen LogP contribution < -0.4 is 10.3 Å². The average Bonchev–Trinajstić information content (AvgIpc) is 2.92. The van der Waals surface area contributed by atoms with Crippen LogP contribution in [0.1, 0.15) is 27.8 Å². The van der Waals surface area contributed by atoms with Crippen LogP contribution in [0, 0.1) is 18.3 Å². The highest BCUT2D eigenvalue weighted by molar-refractivity contribution is 7.89. The molecule has 4 rings (SSSR count). The van der Waals surface area contributed by atoms with E-state index in [1.165, 1.54) is 30.5 Å². The number of benzene rings is 3. The molecule has 0 saturated carbocycles. The molecule has 37 heavy (non-hydrogen) atoms. The molecule has 0 aliphatic heterocycles. The fourth-order valence-electron chi connectivity index (χ4n) is 3.75. The lowest BCUT2D eigenvalue weighted by molar-refractivity contribution is 0.413. The molecule has 0 aliphatic carbocycles. The quantitative estimate of drug-likeness (QED) is 0.345. The first-order valence-electron chi connectivity index (χ1n) is 11.4. The van der Waals surface area contributed by atoms with E-state index in [0.717, 1.165) is 15.7 Å². The molecule has 9 heteroatoms. The topological polar surface area (TPSA) is 125 Å². The van der Waals surface area contributed by atoms with Crippen molar-refractivity contribution in [1.82, 2.24) is 9.29 Å². The van der Waals surface area contributed by atoms with Gasteiger partial charge in [0.1, 0.15) is 11.6 Å². The molecule has 8 nitrogen and oxygen atoms in total. The standard InChI is InChI=1S/C28H24N4O4S/c1-20-25(16-29)27(33)32(19-22-10-6-3-7-11-22)28(34)26(20)18-30-23-12-14-24(15-13-23)37(35,36)31-17-21-8-4-2-5-9-21/h2-15,18,31,34H,17,19H2,1H3. The maximum Gasteiger partial charge on any atom is 0.271 e. The first-order chi connectivity index (χ1) is 17.8. The summed E-state index contributed by atoms with van der Waals surface area (Å²) >= 11 is 0. The maximum atomic E-state index is 12.8. The van der Waals surface area contributed by atoms with Crippen molar-refractivity contribution in [2.45, 2.75) is 24.9 Å². The van der Waals surface area contributed by atoms with Crippen LogP contribution in [0.25, 0.3) is 0 Å². The highest BCUT2D eigenvalue weighted by atomic mass is 32.2. The fraction of sp³-hybridized carbons (Fsp3) is 0.107. The van der Waals surface area contributed by atoms with Gasteiger partial charge in [-0.3, -0.25) is 14.4 Å². The molecule has 0 amide bonds. The SMILES string of the molecule is Cc1c(C=Nc2ccc(S(=O)(=O)NCc3ccccc3)cc2)c(O)n(Cc2ccccc2)c(=O)c1C#N. The minimum absolute atomic E-state index is 0.0823. The summed E-state index contributed by atoms with van der Waals surface area (Å²) in [5.41, 5.74) is 1.92. The van der Waals surface area contributed by atoms with Crippen molar-refractivity contribution in [2.24, 2.45) is 4.99 Å². The van der Waals surface area contributed by atoms with Crippen LogP contribution in [0.3, 0.4) is 0 Å². The van der Waals surface area contributed by atoms with Gasteiger partial charge in [-0.05, 0) is 47.9 Å². The number of hydrogen-bond acceptors (Lipinski definition) is 6. The van der Waals surface area contributed by atoms with Crippen molar-refractivity contribution in [3.63, 3.8) is 0 Å². The Bertz CT molecular complexity index is 1640. The Morgan fingerprint density at radius 1 is 0.973 bits per heavy atom. The average molecular weight is 513 g/mol. The van der Waals surface area contributed by atoms with Crippen LogP contribution in [0.15, 0.2) is 99.6 Å². The summed E-state index contributed by atoms with van der Waals surface area (Å²) in [5.74, 6) is -0.307. The van der Waals surface area contributed by atoms with Crippen molar-refractivity contribution in [3.8, 4) is 11.9 Å². The molecule has 0 fully saturated rings. The molecule has 2 N–H and O–H groups in total. The number of aliphatic imine (C=N–C) groups is 1. The Morgan fingerprint density at radius 3 is 2.16 bits per heavy atom. The lowest BCUT2D eigenvalue weighted by Gasteiger charge is -2.14. The van der Waals surface area contributed by atoms with E-state index in [9.17, 15) is 23.6 Å². The monoisotopic (exact) mass is 512 g/mol. The van der Waals surface area contributed by atoms with E-state index in [1.54, 1.807) is 6.92 Å². The summed E-state index contributed by atoms with van der Waals surface area (Å²) in [4.78, 5) is 17.3. The number of nitriles is 1. The zero-order chi connectivity index (χ0) is 26.4. The van der Waals surface area contributed by atoms with E-state index in [0.29, 0.717) is 11.3 Å². The molecule has 0 spiro atoms. The van der Waals surface area contributed by atoms with E-state index in [-0.39, 0.29) is 35.0 Å². The molecule has 1 aromatic heterocycles. The largest absolute Gasteiger partial charge is 0.494 e. The summed E-state index contributed by atoms with van der Waals surface area (Å²) < 4.78 is 29.0. The van der Waals surface area contributed by atoms with E-state index in [2.05, 4.69) is 9.71 Å². The number of aromatic hydroxyl groups is 1. The van der Waals surface area contributed by atoms with E-state index in [1.807, 2.05) is 66.7 Å². The second-order valence-electron chi connectivity index (χ2n) is 8.29. The lowest BCUT2D eigenvalue weighted by Crippen LogP contribution is -2.25. The first-order valence-corrected chi connectivity index (χ1v) is 12.9. The molecule has 0 unspecified atom stereocenters. The molecule has 0 radical (unpaired) electrons. The van der Waals surface area contributed by atoms with Gasteiger partial charge in [0, 0.05) is 12.8 Å². The number of nitrogens with one attached hydrogen (secondary N) is 1. The Hall–Kier alpha value is -4.52. The molecule has 0 atom stereocenters. The molecule has 0 aliphatic rings. The molecular formula is C28H24N4O4S. The normalized spacial score (nSPS) is 11.5. The van der Waals surface area contributed by atoms with Gasteiger partial charge in [-0.1, -0.05) is 60.7 Å². The van der Waals surface area contributed by atoms with Crippen LogP contribution in [0.2, 0.25) is 0 Å². The van der Waals surface area contributed by atoms with Crippen LogP contribution >= 0.6 is 0 Å². The van der Waals surface area contributed by atoms with Crippen LogP contribution in [0.5, 0.6) is 5.88 Å². The smallest absolute Gasteiger partial charge is 0.271 e. The summed E-state index contributed by atoms with van der Waals surface area (Å²) in [6, 6.07) is 26.2. The van der Waals surface area contributed by atoms with Crippen LogP contribution in [-0.2, 0) is 23.1 Å². The van der Waals surface area contributed by atoms with Gasteiger partial charge in [0.15, 0.2) is 0 Å². The number of sulfonamides is 1. The van der Waals surface area contributed by atoms with Crippen LogP contribution in [0.4, 0.5) is 5.69 Å². The number of pyridine rings is 1. The first kappa shape index (κ1) is 25.6. The number of aromatic nitrogens is 1. The summed E-state index contributed by atoms with van der Waals surface area (Å²) in [6.07, 6.45) is 1.36. The third kappa shape index (κ3) is 5.83. The van der Waals surface area contributed by atoms with E-state index in [4.69, 9.17) is 0 Å². The molecule has 0 saturated heterocycles. The Labute approximate surface area is 214 Å². The Kier molecular flexibility index (Phi) is 7.63. The van der Waals surface area contributed by atoms with Crippen molar-refractivity contribution in [1.29, 1.82) is 5.26 Å². The number of hydrogen-bond donors (Lipinski definition) is 2. The van der Waals surface area contributed by atoms with Crippen molar-refractivity contribution < 1.29 is 13.5 Å². The van der Waals surface area contributed by atoms with Crippen molar-refractivity contribution in [3.05, 3.63) is 123 Å². The number of nitrogens with zero attached hydrogens (tertiary/aromatic N) is 3. The van der Waals surface area contributed by atoms with E-state index >= 15 is 0 Å². The van der Waals surface area contributed by atoms with Gasteiger partial charge in [0.05, 0.1) is 22.7 Å². The molecule has 4 aromatic rings. The minimum Gasteiger partial charge on any atom is -0.494 e. The molecular weight excluding hydrogens is 488 g/mol. The second-order valence-corrected chi connectivity index (χ2v) is 10.1. The van der Waals surface area contributed by atoms with Gasteiger partial charge in [0.25, 0.3) is 5.56 Å². The number of rotatable bonds is 8. The van der Waals surface area contributed by atoms with Gasteiger partial charge in [-0.15, -0.1) is 0 Å². The summed E-state index contributed by atoms with van der Waals surface area (Å²) in [7, 11) is -3.72. The molecule has 0 bridgehead atoms. The second kappa shape index (κ2) is 11.0. The third-order valence-corrected chi connectivity index (χ3v) is 7.25. The van der Waals surface area contributed by atoms with Gasteiger partial charge < -0.3 is 5.11 Å². The van der Waals surface area contributed by atoms with Gasteiger partial charge in [0.2, 0.25) is 15.9 Å². The predicted molar refractivity (Wildman–Crippen MR) is 142 cm³/mol. The summed E-state index contributed by atoms with van der Waals surface area (Å²) in [6.45, 7) is 1.83. The maximum absolute atomic E-state index is 12.8. The molecule has 1 heterocycles. The van der Waals surface area contributed by atoms with Crippen molar-refractivity contribution in [2.75, 3.05) is 0 Å². The predicted octanol–water partition coefficient (Wildman–Crippen LogP) is 4.01.